The van der Waals surface area contributed by atoms with E-state index in [9.17, 15) is 13.2 Å². The van der Waals surface area contributed by atoms with Crippen molar-refractivity contribution in [2.75, 3.05) is 26.7 Å². The lowest BCUT2D eigenvalue weighted by molar-refractivity contribution is 0.0600. The van der Waals surface area contributed by atoms with Gasteiger partial charge < -0.3 is 10.1 Å². The minimum Gasteiger partial charge on any atom is -0.465 e. The predicted octanol–water partition coefficient (Wildman–Crippen LogP) is 2.28. The maximum Gasteiger partial charge on any atom is 0.337 e. The second-order valence-corrected chi connectivity index (χ2v) is 8.98. The quantitative estimate of drug-likeness (QED) is 0.759. The molecule has 0 spiro atoms. The lowest BCUT2D eigenvalue weighted by atomic mass is 10.1. The molecule has 0 radical (unpaired) electrons. The van der Waals surface area contributed by atoms with E-state index >= 15 is 0 Å². The fourth-order valence-electron chi connectivity index (χ4n) is 3.05. The number of nitrogens with one attached hydrogen (secondary N) is 1. The summed E-state index contributed by atoms with van der Waals surface area (Å²) in [5.74, 6) is 0.266. The third kappa shape index (κ3) is 4.34. The van der Waals surface area contributed by atoms with Gasteiger partial charge in [-0.05, 0) is 56.3 Å². The highest BCUT2D eigenvalue weighted by Crippen LogP contribution is 2.30. The first kappa shape index (κ1) is 18.6. The molecular weight excluding hydrogens is 364 g/mol. The Balaban J connectivity index is 1.66. The predicted molar refractivity (Wildman–Crippen MR) is 95.3 cm³/mol. The Morgan fingerprint density at radius 2 is 1.96 bits per heavy atom. The highest BCUT2D eigenvalue weighted by atomic mass is 35.5. The van der Waals surface area contributed by atoms with Crippen molar-refractivity contribution < 1.29 is 17.9 Å². The van der Waals surface area contributed by atoms with E-state index in [-0.39, 0.29) is 15.5 Å². The molecule has 1 aliphatic carbocycles. The molecule has 0 atom stereocenters. The molecule has 1 saturated heterocycles. The number of carbonyl (C=O) groups excluding carboxylic acids is 1. The zero-order valence-electron chi connectivity index (χ0n) is 14.2. The minimum absolute atomic E-state index is 0.0335. The molecule has 1 saturated carbocycles. The van der Waals surface area contributed by atoms with Gasteiger partial charge in [-0.15, -0.1) is 0 Å². The maximum absolute atomic E-state index is 12.8. The van der Waals surface area contributed by atoms with E-state index in [4.69, 9.17) is 11.6 Å². The highest BCUT2D eigenvalue weighted by molar-refractivity contribution is 7.89. The van der Waals surface area contributed by atoms with E-state index in [1.807, 2.05) is 0 Å². The second-order valence-electron chi connectivity index (χ2n) is 6.67. The van der Waals surface area contributed by atoms with Crippen molar-refractivity contribution >= 4 is 27.6 Å². The molecule has 2 fully saturated rings. The number of ether oxygens (including phenoxy) is 1. The van der Waals surface area contributed by atoms with Crippen LogP contribution in [0.3, 0.4) is 0 Å². The number of esters is 1. The Kier molecular flexibility index (Phi) is 5.68. The molecule has 0 bridgehead atoms. The number of carbonyl (C=O) groups is 1. The van der Waals surface area contributed by atoms with E-state index in [0.717, 1.165) is 25.3 Å². The van der Waals surface area contributed by atoms with Gasteiger partial charge in [-0.2, -0.15) is 4.31 Å². The van der Waals surface area contributed by atoms with E-state index in [1.165, 1.54) is 42.5 Å². The van der Waals surface area contributed by atoms with Gasteiger partial charge in [-0.1, -0.05) is 11.6 Å². The Morgan fingerprint density at radius 1 is 1.28 bits per heavy atom. The maximum atomic E-state index is 12.8. The number of sulfonamides is 1. The normalized spacial score (nSPS) is 19.8. The van der Waals surface area contributed by atoms with E-state index in [2.05, 4.69) is 10.1 Å². The van der Waals surface area contributed by atoms with Crippen molar-refractivity contribution in [3.05, 3.63) is 28.8 Å². The molecule has 6 nitrogen and oxygen atoms in total. The number of hydrogen-bond donors (Lipinski definition) is 1. The van der Waals surface area contributed by atoms with Gasteiger partial charge in [0, 0.05) is 19.1 Å². The molecule has 8 heteroatoms. The van der Waals surface area contributed by atoms with Gasteiger partial charge in [-0.25, -0.2) is 13.2 Å². The van der Waals surface area contributed by atoms with Gasteiger partial charge in [0.1, 0.15) is 4.90 Å². The summed E-state index contributed by atoms with van der Waals surface area (Å²) >= 11 is 6.13. The summed E-state index contributed by atoms with van der Waals surface area (Å²) in [6, 6.07) is 4.52. The highest BCUT2D eigenvalue weighted by Gasteiger charge is 2.31. The Bertz CT molecular complexity index is 741. The third-order valence-corrected chi connectivity index (χ3v) is 7.20. The third-order valence-electron chi connectivity index (χ3n) is 4.82. The molecule has 0 aromatic heterocycles. The molecule has 1 aromatic rings. The van der Waals surface area contributed by atoms with Crippen LogP contribution < -0.4 is 5.32 Å². The van der Waals surface area contributed by atoms with Crippen LogP contribution in [0.15, 0.2) is 23.1 Å². The fourth-order valence-corrected chi connectivity index (χ4v) is 5.04. The van der Waals surface area contributed by atoms with Crippen molar-refractivity contribution in [3.63, 3.8) is 0 Å². The Morgan fingerprint density at radius 3 is 2.52 bits per heavy atom. The molecule has 138 valence electrons. The average molecular weight is 387 g/mol. The topological polar surface area (TPSA) is 75.7 Å². The molecule has 3 rings (SSSR count). The van der Waals surface area contributed by atoms with Gasteiger partial charge in [0.05, 0.1) is 17.7 Å². The van der Waals surface area contributed by atoms with Gasteiger partial charge in [0.25, 0.3) is 0 Å². The van der Waals surface area contributed by atoms with E-state index < -0.39 is 16.0 Å². The van der Waals surface area contributed by atoms with Crippen LogP contribution in [0.1, 0.15) is 36.0 Å². The number of benzene rings is 1. The largest absolute Gasteiger partial charge is 0.465 e. The van der Waals surface area contributed by atoms with Crippen LogP contribution in [0.25, 0.3) is 0 Å². The zero-order chi connectivity index (χ0) is 18.0. The number of rotatable bonds is 6. The zero-order valence-corrected chi connectivity index (χ0v) is 15.8. The first-order valence-electron chi connectivity index (χ1n) is 8.53. The van der Waals surface area contributed by atoms with Gasteiger partial charge in [-0.3, -0.25) is 0 Å². The summed E-state index contributed by atoms with van der Waals surface area (Å²) in [6.45, 7) is 1.98. The van der Waals surface area contributed by atoms with Crippen LogP contribution in [-0.4, -0.2) is 51.5 Å². The Hall–Kier alpha value is -1.15. The summed E-state index contributed by atoms with van der Waals surface area (Å²) < 4.78 is 31.8. The van der Waals surface area contributed by atoms with Crippen LogP contribution in [0.2, 0.25) is 5.02 Å². The molecule has 25 heavy (non-hydrogen) atoms. The lowest BCUT2D eigenvalue weighted by Gasteiger charge is -2.32. The van der Waals surface area contributed by atoms with Crippen molar-refractivity contribution in [3.8, 4) is 0 Å². The Labute approximate surface area is 153 Å². The first-order valence-corrected chi connectivity index (χ1v) is 10.3. The molecule has 1 N–H and O–H groups in total. The number of piperidine rings is 1. The van der Waals surface area contributed by atoms with Gasteiger partial charge >= 0.3 is 5.97 Å². The molecular formula is C17H23ClN2O4S. The number of nitrogens with zero attached hydrogens (tertiary/aromatic N) is 1. The van der Waals surface area contributed by atoms with Crippen molar-refractivity contribution in [1.29, 1.82) is 0 Å². The van der Waals surface area contributed by atoms with Crippen LogP contribution in [0, 0.1) is 5.92 Å². The molecule has 1 aromatic carbocycles. The van der Waals surface area contributed by atoms with Crippen LogP contribution in [0.4, 0.5) is 0 Å². The fraction of sp³-hybridized carbons (Fsp3) is 0.588. The molecule has 0 unspecified atom stereocenters. The number of halogens is 1. The molecule has 1 aliphatic heterocycles. The SMILES string of the molecule is COC(=O)c1ccc(S(=O)(=O)N2CCC(NCC3CC3)CC2)c(Cl)c1. The molecule has 0 amide bonds. The molecule has 2 aliphatic rings. The summed E-state index contributed by atoms with van der Waals surface area (Å²) in [6.07, 6.45) is 4.20. The van der Waals surface area contributed by atoms with Crippen molar-refractivity contribution in [2.24, 2.45) is 5.92 Å². The van der Waals surface area contributed by atoms with Gasteiger partial charge in [0.15, 0.2) is 0 Å². The second kappa shape index (κ2) is 7.61. The van der Waals surface area contributed by atoms with Crippen LogP contribution >= 0.6 is 11.6 Å². The van der Waals surface area contributed by atoms with Crippen molar-refractivity contribution in [2.45, 2.75) is 36.6 Å². The monoisotopic (exact) mass is 386 g/mol. The summed E-state index contributed by atoms with van der Waals surface area (Å²) in [5.41, 5.74) is 0.231. The van der Waals surface area contributed by atoms with E-state index in [1.54, 1.807) is 0 Å². The number of hydrogen-bond acceptors (Lipinski definition) is 5. The van der Waals surface area contributed by atoms with Gasteiger partial charge in [0.2, 0.25) is 10.0 Å². The minimum atomic E-state index is -3.66. The van der Waals surface area contributed by atoms with Crippen LogP contribution in [-0.2, 0) is 14.8 Å². The summed E-state index contributed by atoms with van der Waals surface area (Å²) in [4.78, 5) is 11.6. The smallest absolute Gasteiger partial charge is 0.337 e. The summed E-state index contributed by atoms with van der Waals surface area (Å²) in [5, 5.41) is 3.57. The van der Waals surface area contributed by atoms with E-state index in [0.29, 0.717) is 19.1 Å². The van der Waals surface area contributed by atoms with Crippen molar-refractivity contribution in [1.82, 2.24) is 9.62 Å². The summed E-state index contributed by atoms with van der Waals surface area (Å²) in [7, 11) is -2.40. The standard InChI is InChI=1S/C17H23ClN2O4S/c1-24-17(21)13-4-5-16(15(18)10-13)25(22,23)20-8-6-14(7-9-20)19-11-12-2-3-12/h4-5,10,12,14,19H,2-3,6-9,11H2,1H3. The molecule has 1 heterocycles. The average Bonchev–Trinajstić information content (AvgIpc) is 3.43. The van der Waals surface area contributed by atoms with Crippen LogP contribution in [0.5, 0.6) is 0 Å². The number of methoxy groups -OCH3 is 1. The lowest BCUT2D eigenvalue weighted by Crippen LogP contribution is -2.45. The first-order chi connectivity index (χ1) is 11.9.